The third-order valence-electron chi connectivity index (χ3n) is 8.75. The van der Waals surface area contributed by atoms with E-state index in [9.17, 15) is 53.1 Å². The zero-order chi connectivity index (χ0) is 46.7. The number of hydrogen-bond acceptors (Lipinski definition) is 12. The van der Waals surface area contributed by atoms with E-state index < -0.39 is 27.8 Å². The Morgan fingerprint density at radius 1 is 0.633 bits per heavy atom. The highest BCUT2D eigenvalue weighted by molar-refractivity contribution is 7.85. The molecule has 0 bridgehead atoms. The van der Waals surface area contributed by atoms with Gasteiger partial charge >= 0.3 is 0 Å². The van der Waals surface area contributed by atoms with Gasteiger partial charge in [0.15, 0.2) is 0 Å². The van der Waals surface area contributed by atoms with Crippen molar-refractivity contribution in [1.82, 2.24) is 25.8 Å². The lowest BCUT2D eigenvalue weighted by Crippen LogP contribution is -2.31. The molecule has 0 aromatic heterocycles. The molecule has 348 valence electrons. The molecule has 1 rings (SSSR count). The van der Waals surface area contributed by atoms with Gasteiger partial charge in [0, 0.05) is 65.3 Å². The van der Waals surface area contributed by atoms with Crippen LogP contribution in [0.2, 0.25) is 0 Å². The molecule has 18 nitrogen and oxygen atoms in total. The molecule has 1 aromatic rings. The number of nitrogens with two attached hydrogens (primary N) is 1. The maximum absolute atomic E-state index is 12.0. The fraction of sp³-hybridized carbons (Fsp3) is 0.732. The first-order valence-corrected chi connectivity index (χ1v) is 22.4. The maximum atomic E-state index is 12.0. The van der Waals surface area contributed by atoms with Crippen molar-refractivity contribution in [2.24, 2.45) is 5.73 Å². The molecule has 0 spiro atoms. The van der Waals surface area contributed by atoms with E-state index in [0.29, 0.717) is 85.4 Å². The molecule has 0 saturated heterocycles. The van der Waals surface area contributed by atoms with Gasteiger partial charge in [0.25, 0.3) is 10.1 Å². The van der Waals surface area contributed by atoms with Gasteiger partial charge in [-0.25, -0.2) is 15.2 Å². The topological polar surface area (TPSA) is 280 Å². The predicted octanol–water partition coefficient (Wildman–Crippen LogP) is 4.72. The summed E-state index contributed by atoms with van der Waals surface area (Å²) in [6, 6.07) is 4.18. The number of hydrogen-bond donors (Lipinski definition) is 8. The molecule has 0 saturated carbocycles. The molecule has 0 aliphatic carbocycles. The number of phenols is 1. The number of rotatable bonds is 23. The monoisotopic (exact) mass is 877 g/mol. The number of nitrogens with one attached hydrogen (secondary N) is 2. The molecule has 19 heteroatoms. The highest BCUT2D eigenvalue weighted by atomic mass is 32.2. The van der Waals surface area contributed by atoms with Crippen LogP contribution in [0.4, 0.5) is 0 Å². The Bertz CT molecular complexity index is 1520. The Labute approximate surface area is 357 Å². The average Bonchev–Trinajstić information content (AvgIpc) is 3.13. The van der Waals surface area contributed by atoms with Gasteiger partial charge < -0.3 is 21.5 Å². The van der Waals surface area contributed by atoms with Crippen molar-refractivity contribution in [3.05, 3.63) is 28.8 Å². The molecule has 0 fully saturated rings. The highest BCUT2D eigenvalue weighted by Crippen LogP contribution is 2.39. The van der Waals surface area contributed by atoms with Gasteiger partial charge in [-0.05, 0) is 86.8 Å². The first-order valence-electron chi connectivity index (χ1n) is 20.6. The zero-order valence-electron chi connectivity index (χ0n) is 37.5. The Morgan fingerprint density at radius 2 is 0.967 bits per heavy atom. The minimum absolute atomic E-state index is 0.0178. The van der Waals surface area contributed by atoms with Crippen molar-refractivity contribution in [3.8, 4) is 5.75 Å². The summed E-state index contributed by atoms with van der Waals surface area (Å²) in [5, 5.41) is 46.4. The van der Waals surface area contributed by atoms with Crippen LogP contribution in [0.1, 0.15) is 149 Å². The summed E-state index contributed by atoms with van der Waals surface area (Å²) in [7, 11) is -3.67. The standard InChI is InChI=1S/C25H48N6O8.C15H24O.CH4O3S/c1-21(32)29(37)18-9-3-6-16-27-22(33)12-14-25(36)31(39)20-10-4-7-17-28-23(34)11-13-24(35)30(38)19-8-2-5-15-26;1-10-8-11(14(2,3)4)13(16)12(9-10)15(5,6)7;1-5(2,3)4/h37-39H,2-20,26H2,1H3,(H,27,33)(H,28,34);8-9,16H,1-7H3;1H3,(H,2,3,4). The predicted molar refractivity (Wildman–Crippen MR) is 229 cm³/mol. The quantitative estimate of drug-likeness (QED) is 0.0320. The van der Waals surface area contributed by atoms with E-state index in [1.54, 1.807) is 0 Å². The van der Waals surface area contributed by atoms with Crippen molar-refractivity contribution >= 4 is 39.7 Å². The van der Waals surface area contributed by atoms with E-state index in [1.165, 1.54) is 12.5 Å². The van der Waals surface area contributed by atoms with Crippen LogP contribution in [0.25, 0.3) is 0 Å². The van der Waals surface area contributed by atoms with E-state index in [4.69, 9.17) is 10.3 Å². The number of hydroxylamine groups is 6. The van der Waals surface area contributed by atoms with Crippen LogP contribution >= 0.6 is 0 Å². The second kappa shape index (κ2) is 30.2. The lowest BCUT2D eigenvalue weighted by atomic mass is 9.78. The second-order valence-electron chi connectivity index (χ2n) is 16.8. The summed E-state index contributed by atoms with van der Waals surface area (Å²) >= 11 is 0. The van der Waals surface area contributed by atoms with Crippen LogP contribution in [-0.2, 0) is 44.9 Å². The van der Waals surface area contributed by atoms with Crippen LogP contribution < -0.4 is 16.4 Å². The number of carbonyl (C=O) groups excluding carboxylic acids is 5. The molecular formula is C41H76N6O12S. The van der Waals surface area contributed by atoms with Gasteiger partial charge in [0.05, 0.1) is 6.26 Å². The molecule has 5 amide bonds. The summed E-state index contributed by atoms with van der Waals surface area (Å²) in [6.45, 7) is 18.1. The molecule has 0 aliphatic heterocycles. The van der Waals surface area contributed by atoms with Gasteiger partial charge in [-0.2, -0.15) is 8.42 Å². The first kappa shape index (κ1) is 58.2. The largest absolute Gasteiger partial charge is 0.507 e. The van der Waals surface area contributed by atoms with Crippen molar-refractivity contribution in [1.29, 1.82) is 0 Å². The molecule has 0 atom stereocenters. The molecule has 9 N–H and O–H groups in total. The van der Waals surface area contributed by atoms with Crippen LogP contribution in [0.15, 0.2) is 12.1 Å². The summed E-state index contributed by atoms with van der Waals surface area (Å²) in [5.74, 6) is -1.59. The number of nitrogens with zero attached hydrogens (tertiary/aromatic N) is 3. The molecule has 1 aromatic carbocycles. The molecule has 0 unspecified atom stereocenters. The van der Waals surface area contributed by atoms with Crippen LogP contribution in [-0.4, -0.2) is 124 Å². The van der Waals surface area contributed by atoms with Crippen LogP contribution in [0, 0.1) is 6.92 Å². The third-order valence-corrected chi connectivity index (χ3v) is 8.75. The maximum Gasteiger partial charge on any atom is 0.261 e. The lowest BCUT2D eigenvalue weighted by molar-refractivity contribution is -0.166. The molecule has 60 heavy (non-hydrogen) atoms. The molecule has 0 heterocycles. The Kier molecular flexibility index (Phi) is 29.3. The summed E-state index contributed by atoms with van der Waals surface area (Å²) < 4.78 is 25.9. The first-order chi connectivity index (χ1) is 27.6. The van der Waals surface area contributed by atoms with Crippen molar-refractivity contribution in [3.63, 3.8) is 0 Å². The van der Waals surface area contributed by atoms with E-state index >= 15 is 0 Å². The van der Waals surface area contributed by atoms with E-state index in [2.05, 4.69) is 71.2 Å². The lowest BCUT2D eigenvalue weighted by Gasteiger charge is -2.27. The number of aryl methyl sites for hydroxylation is 1. The van der Waals surface area contributed by atoms with E-state index in [0.717, 1.165) is 30.4 Å². The minimum atomic E-state index is -3.67. The smallest absolute Gasteiger partial charge is 0.261 e. The fourth-order valence-corrected chi connectivity index (χ4v) is 5.37. The summed E-state index contributed by atoms with van der Waals surface area (Å²) in [6.07, 6.45) is 6.55. The Balaban J connectivity index is 0. The fourth-order valence-electron chi connectivity index (χ4n) is 5.37. The van der Waals surface area contributed by atoms with Crippen molar-refractivity contribution in [2.75, 3.05) is 45.5 Å². The summed E-state index contributed by atoms with van der Waals surface area (Å²) in [4.78, 5) is 58.4. The van der Waals surface area contributed by atoms with Crippen LogP contribution in [0.3, 0.4) is 0 Å². The number of carbonyl (C=O) groups is 5. The number of aromatic hydroxyl groups is 1. The van der Waals surface area contributed by atoms with Crippen molar-refractivity contribution < 1.29 is 57.7 Å². The van der Waals surface area contributed by atoms with Gasteiger partial charge in [-0.15, -0.1) is 0 Å². The highest BCUT2D eigenvalue weighted by Gasteiger charge is 2.26. The third kappa shape index (κ3) is 31.1. The summed E-state index contributed by atoms with van der Waals surface area (Å²) in [5.41, 5.74) is 8.65. The normalized spacial score (nSPS) is 11.3. The van der Waals surface area contributed by atoms with Gasteiger partial charge in [0.1, 0.15) is 5.75 Å². The minimum Gasteiger partial charge on any atom is -0.507 e. The number of benzene rings is 1. The Morgan fingerprint density at radius 3 is 1.28 bits per heavy atom. The van der Waals surface area contributed by atoms with E-state index in [1.807, 2.05) is 0 Å². The second-order valence-corrected chi connectivity index (χ2v) is 18.3. The number of unbranched alkanes of at least 4 members (excludes halogenated alkanes) is 6. The van der Waals surface area contributed by atoms with Crippen molar-refractivity contribution in [2.45, 2.75) is 150 Å². The average molecular weight is 877 g/mol. The number of amides is 5. The zero-order valence-corrected chi connectivity index (χ0v) is 38.3. The van der Waals surface area contributed by atoms with Crippen LogP contribution in [0.5, 0.6) is 5.75 Å². The molecule has 0 radical (unpaired) electrons. The van der Waals surface area contributed by atoms with Gasteiger partial charge in [-0.3, -0.25) is 44.1 Å². The van der Waals surface area contributed by atoms with E-state index in [-0.39, 0.29) is 68.0 Å². The van der Waals surface area contributed by atoms with Gasteiger partial charge in [0.2, 0.25) is 29.5 Å². The molecule has 0 aliphatic rings. The Hall–Kier alpha value is -3.88. The SMILES string of the molecule is CC(=O)N(O)CCCCCNC(=O)CCC(=O)N(O)CCCCCNC(=O)CCC(=O)N(O)CCCCCN.CS(=O)(=O)O.Cc1cc(C(C)(C)C)c(O)c(C(C)(C)C)c1. The van der Waals surface area contributed by atoms with Gasteiger partial charge in [-0.1, -0.05) is 65.7 Å². The number of phenolic OH excluding ortho intramolecular Hbond substituents is 1. The molecular weight excluding hydrogens is 801 g/mol.